The molecule has 1 aromatic carbocycles. The lowest BCUT2D eigenvalue weighted by Gasteiger charge is -2.16. The maximum atomic E-state index is 14.6. The van der Waals surface area contributed by atoms with E-state index < -0.39 is 24.5 Å². The molecule has 0 amide bonds. The molecular formula is C17H13Cl2FN4O3. The van der Waals surface area contributed by atoms with Gasteiger partial charge in [-0.15, -0.1) is 0 Å². The van der Waals surface area contributed by atoms with Gasteiger partial charge in [0.05, 0.1) is 18.0 Å². The average Bonchev–Trinajstić information content (AvgIpc) is 3.23. The van der Waals surface area contributed by atoms with E-state index >= 15 is 0 Å². The number of ether oxygens (including phenoxy) is 2. The van der Waals surface area contributed by atoms with Gasteiger partial charge in [-0.25, -0.2) is 19.2 Å². The van der Waals surface area contributed by atoms with Crippen LogP contribution in [0.15, 0.2) is 36.7 Å². The highest BCUT2D eigenvalue weighted by Crippen LogP contribution is 2.34. The molecule has 3 aromatic rings. The first-order valence-corrected chi connectivity index (χ1v) is 8.86. The summed E-state index contributed by atoms with van der Waals surface area (Å²) in [5, 5.41) is 0.00138. The van der Waals surface area contributed by atoms with Gasteiger partial charge in [0.15, 0.2) is 17.0 Å². The number of esters is 1. The van der Waals surface area contributed by atoms with Gasteiger partial charge in [-0.1, -0.05) is 29.8 Å². The molecule has 27 heavy (non-hydrogen) atoms. The van der Waals surface area contributed by atoms with E-state index in [0.717, 1.165) is 0 Å². The van der Waals surface area contributed by atoms with E-state index in [1.54, 1.807) is 30.3 Å². The zero-order valence-corrected chi connectivity index (χ0v) is 15.3. The molecule has 0 N–H and O–H groups in total. The standard InChI is InChI=1S/C17H13Cl2FN4O3/c18-13-12-14(23-17(19)22-13)24(8-21-12)15-11(20)6-10(27-15)7-26-16(25)9-4-2-1-3-5-9/h1-5,8,10-11,15H,6-7H2/t10-,11-,15+/m0/s1. The molecule has 2 aromatic heterocycles. The second-order valence-electron chi connectivity index (χ2n) is 5.97. The first-order chi connectivity index (χ1) is 13.0. The van der Waals surface area contributed by atoms with Crippen LogP contribution in [0.4, 0.5) is 4.39 Å². The number of benzene rings is 1. The molecule has 1 aliphatic heterocycles. The van der Waals surface area contributed by atoms with Crippen molar-refractivity contribution < 1.29 is 18.7 Å². The molecule has 0 saturated carbocycles. The predicted octanol–water partition coefficient (Wildman–Crippen LogP) is 3.62. The molecule has 3 heterocycles. The molecule has 140 valence electrons. The zero-order chi connectivity index (χ0) is 19.0. The van der Waals surface area contributed by atoms with Crippen molar-refractivity contribution in [3.63, 3.8) is 0 Å². The van der Waals surface area contributed by atoms with E-state index in [2.05, 4.69) is 15.0 Å². The number of carbonyl (C=O) groups excluding carboxylic acids is 1. The molecule has 0 radical (unpaired) electrons. The second-order valence-corrected chi connectivity index (χ2v) is 6.67. The Morgan fingerprint density at radius 3 is 2.85 bits per heavy atom. The number of carbonyl (C=O) groups is 1. The van der Waals surface area contributed by atoms with Crippen molar-refractivity contribution in [3.8, 4) is 0 Å². The summed E-state index contributed by atoms with van der Waals surface area (Å²) in [5.74, 6) is -0.488. The van der Waals surface area contributed by atoms with Crippen LogP contribution in [0, 0.1) is 0 Å². The fourth-order valence-electron chi connectivity index (χ4n) is 2.92. The first kappa shape index (κ1) is 18.1. The van der Waals surface area contributed by atoms with Crippen LogP contribution in [0.25, 0.3) is 11.2 Å². The van der Waals surface area contributed by atoms with E-state index in [1.165, 1.54) is 10.9 Å². The van der Waals surface area contributed by atoms with Crippen LogP contribution >= 0.6 is 23.2 Å². The van der Waals surface area contributed by atoms with Crippen molar-refractivity contribution in [1.29, 1.82) is 0 Å². The van der Waals surface area contributed by atoms with Gasteiger partial charge < -0.3 is 9.47 Å². The minimum atomic E-state index is -1.34. The Balaban J connectivity index is 1.47. The highest BCUT2D eigenvalue weighted by molar-refractivity contribution is 6.35. The molecule has 1 saturated heterocycles. The smallest absolute Gasteiger partial charge is 0.338 e. The maximum absolute atomic E-state index is 14.6. The monoisotopic (exact) mass is 410 g/mol. The van der Waals surface area contributed by atoms with Crippen LogP contribution in [0.1, 0.15) is 23.0 Å². The van der Waals surface area contributed by atoms with Crippen molar-refractivity contribution in [1.82, 2.24) is 19.5 Å². The lowest BCUT2D eigenvalue weighted by atomic mass is 10.2. The van der Waals surface area contributed by atoms with E-state index in [0.29, 0.717) is 11.1 Å². The summed E-state index contributed by atoms with van der Waals surface area (Å²) in [6.45, 7) is -0.0617. The van der Waals surface area contributed by atoms with Gasteiger partial charge in [0.2, 0.25) is 5.28 Å². The summed E-state index contributed by atoms with van der Waals surface area (Å²) < 4.78 is 26.9. The first-order valence-electron chi connectivity index (χ1n) is 8.10. The van der Waals surface area contributed by atoms with Crippen LogP contribution < -0.4 is 0 Å². The third-order valence-electron chi connectivity index (χ3n) is 4.16. The predicted molar refractivity (Wildman–Crippen MR) is 95.5 cm³/mol. The van der Waals surface area contributed by atoms with E-state index in [1.807, 2.05) is 0 Å². The number of halogens is 3. The summed E-state index contributed by atoms with van der Waals surface area (Å²) in [6, 6.07) is 8.55. The lowest BCUT2D eigenvalue weighted by molar-refractivity contribution is -0.0420. The summed E-state index contributed by atoms with van der Waals surface area (Å²) in [7, 11) is 0. The van der Waals surface area contributed by atoms with Gasteiger partial charge in [-0.3, -0.25) is 4.57 Å². The fourth-order valence-corrected chi connectivity index (χ4v) is 3.34. The maximum Gasteiger partial charge on any atom is 0.338 e. The molecule has 1 fully saturated rings. The minimum absolute atomic E-state index is 0.0617. The van der Waals surface area contributed by atoms with E-state index in [9.17, 15) is 9.18 Å². The molecule has 0 bridgehead atoms. The summed E-state index contributed by atoms with van der Waals surface area (Å²) in [4.78, 5) is 24.0. The average molecular weight is 411 g/mol. The Labute approximate surface area is 163 Å². The molecule has 7 nitrogen and oxygen atoms in total. The largest absolute Gasteiger partial charge is 0.459 e. The Morgan fingerprint density at radius 2 is 2.07 bits per heavy atom. The summed E-state index contributed by atoms with van der Waals surface area (Å²) >= 11 is 11.8. The number of hydrogen-bond donors (Lipinski definition) is 0. The molecular weight excluding hydrogens is 398 g/mol. The SMILES string of the molecule is O=C(OC[C@@H]1C[C@H](F)[C@H](n2cnc3c(Cl)nc(Cl)nc32)O1)c1ccccc1. The number of rotatable bonds is 4. The fraction of sp³-hybridized carbons (Fsp3) is 0.294. The van der Waals surface area contributed by atoms with E-state index in [4.69, 9.17) is 32.7 Å². The molecule has 0 aliphatic carbocycles. The third-order valence-corrected chi connectivity index (χ3v) is 4.60. The molecule has 0 unspecified atom stereocenters. The van der Waals surface area contributed by atoms with Crippen molar-refractivity contribution in [3.05, 3.63) is 52.7 Å². The number of aromatic nitrogens is 4. The highest BCUT2D eigenvalue weighted by atomic mass is 35.5. The van der Waals surface area contributed by atoms with Gasteiger partial charge in [0, 0.05) is 6.42 Å². The Morgan fingerprint density at radius 1 is 1.30 bits per heavy atom. The summed E-state index contributed by atoms with van der Waals surface area (Å²) in [5.41, 5.74) is 0.996. The minimum Gasteiger partial charge on any atom is -0.459 e. The van der Waals surface area contributed by atoms with Crippen LogP contribution in [0.5, 0.6) is 0 Å². The summed E-state index contributed by atoms with van der Waals surface area (Å²) in [6.07, 6.45) is -1.47. The van der Waals surface area contributed by atoms with Crippen molar-refractivity contribution in [2.75, 3.05) is 6.61 Å². The number of fused-ring (bicyclic) bond motifs is 1. The third kappa shape index (κ3) is 3.60. The van der Waals surface area contributed by atoms with E-state index in [-0.39, 0.29) is 29.1 Å². The molecule has 1 aliphatic rings. The van der Waals surface area contributed by atoms with Crippen molar-refractivity contribution in [2.45, 2.75) is 24.9 Å². The number of imidazole rings is 1. The Kier molecular flexibility index (Phi) is 4.94. The van der Waals surface area contributed by atoms with Gasteiger partial charge in [-0.05, 0) is 23.7 Å². The normalized spacial score (nSPS) is 22.3. The van der Waals surface area contributed by atoms with Crippen LogP contribution in [0.2, 0.25) is 10.4 Å². The number of hydrogen-bond acceptors (Lipinski definition) is 6. The van der Waals surface area contributed by atoms with Gasteiger partial charge in [0.25, 0.3) is 0 Å². The van der Waals surface area contributed by atoms with Gasteiger partial charge in [0.1, 0.15) is 18.3 Å². The molecule has 4 rings (SSSR count). The van der Waals surface area contributed by atoms with Crippen molar-refractivity contribution >= 4 is 40.3 Å². The second kappa shape index (κ2) is 7.38. The zero-order valence-electron chi connectivity index (χ0n) is 13.8. The number of alkyl halides is 1. The molecule has 3 atom stereocenters. The Hall–Kier alpha value is -2.29. The van der Waals surface area contributed by atoms with Crippen LogP contribution in [-0.2, 0) is 9.47 Å². The lowest BCUT2D eigenvalue weighted by Crippen LogP contribution is -2.19. The van der Waals surface area contributed by atoms with Gasteiger partial charge in [-0.2, -0.15) is 4.98 Å². The quantitative estimate of drug-likeness (QED) is 0.371. The molecule has 10 heteroatoms. The van der Waals surface area contributed by atoms with Crippen LogP contribution in [-0.4, -0.2) is 44.4 Å². The Bertz CT molecular complexity index is 985. The number of nitrogens with zero attached hydrogens (tertiary/aromatic N) is 4. The van der Waals surface area contributed by atoms with Crippen LogP contribution in [0.3, 0.4) is 0 Å². The van der Waals surface area contributed by atoms with Crippen molar-refractivity contribution in [2.24, 2.45) is 0 Å². The highest BCUT2D eigenvalue weighted by Gasteiger charge is 2.38. The van der Waals surface area contributed by atoms with Gasteiger partial charge >= 0.3 is 5.97 Å². The topological polar surface area (TPSA) is 79.1 Å². The molecule has 0 spiro atoms.